The highest BCUT2D eigenvalue weighted by atomic mass is 16.5. The zero-order chi connectivity index (χ0) is 13.1. The van der Waals surface area contributed by atoms with Gasteiger partial charge in [0.1, 0.15) is 17.8 Å². The quantitative estimate of drug-likeness (QED) is 0.787. The van der Waals surface area contributed by atoms with E-state index in [0.717, 1.165) is 17.8 Å². The summed E-state index contributed by atoms with van der Waals surface area (Å²) in [7, 11) is 0. The van der Waals surface area contributed by atoms with Gasteiger partial charge in [0.2, 0.25) is 0 Å². The Morgan fingerprint density at radius 2 is 1.95 bits per heavy atom. The van der Waals surface area contributed by atoms with Gasteiger partial charge >= 0.3 is 0 Å². The van der Waals surface area contributed by atoms with Crippen molar-refractivity contribution in [2.75, 3.05) is 13.2 Å². The minimum absolute atomic E-state index is 0.266. The van der Waals surface area contributed by atoms with E-state index in [-0.39, 0.29) is 5.92 Å². The molecule has 1 atom stereocenters. The molecule has 19 heavy (non-hydrogen) atoms. The molecule has 3 rings (SSSR count). The van der Waals surface area contributed by atoms with Crippen LogP contribution < -0.4 is 9.47 Å². The van der Waals surface area contributed by atoms with E-state index >= 15 is 0 Å². The van der Waals surface area contributed by atoms with E-state index in [1.807, 2.05) is 30.3 Å². The molecule has 2 aromatic rings. The fraction of sp³-hybridized carbons (Fsp3) is 0.188. The number of aldehydes is 1. The molecule has 1 aliphatic heterocycles. The van der Waals surface area contributed by atoms with Crippen LogP contribution in [0.25, 0.3) is 0 Å². The predicted octanol–water partition coefficient (Wildman–Crippen LogP) is 3.05. The lowest BCUT2D eigenvalue weighted by Crippen LogP contribution is -2.11. The number of carbonyl (C=O) groups is 1. The number of ether oxygens (including phenoxy) is 2. The first kappa shape index (κ1) is 11.8. The Bertz CT molecular complexity index is 575. The van der Waals surface area contributed by atoms with E-state index in [1.165, 1.54) is 5.56 Å². The number of hydrogen-bond donors (Lipinski definition) is 0. The smallest absolute Gasteiger partial charge is 0.150 e. The Labute approximate surface area is 111 Å². The lowest BCUT2D eigenvalue weighted by Gasteiger charge is -2.11. The fourth-order valence-corrected chi connectivity index (χ4v) is 2.21. The van der Waals surface area contributed by atoms with Crippen LogP contribution in [0, 0.1) is 0 Å². The highest BCUT2D eigenvalue weighted by Crippen LogP contribution is 2.33. The summed E-state index contributed by atoms with van der Waals surface area (Å²) in [5.41, 5.74) is 1.86. The van der Waals surface area contributed by atoms with E-state index in [2.05, 4.69) is 6.07 Å². The number of benzene rings is 2. The average Bonchev–Trinajstić information content (AvgIpc) is 2.89. The average molecular weight is 254 g/mol. The maximum Gasteiger partial charge on any atom is 0.150 e. The molecule has 2 aromatic carbocycles. The number of fused-ring (bicyclic) bond motifs is 1. The summed E-state index contributed by atoms with van der Waals surface area (Å²) in [5, 5.41) is 0. The van der Waals surface area contributed by atoms with Crippen LogP contribution in [0.5, 0.6) is 11.5 Å². The number of hydrogen-bond acceptors (Lipinski definition) is 3. The van der Waals surface area contributed by atoms with Gasteiger partial charge in [-0.15, -0.1) is 0 Å². The van der Waals surface area contributed by atoms with Crippen LogP contribution in [0.4, 0.5) is 0 Å². The third-order valence-corrected chi connectivity index (χ3v) is 3.27. The van der Waals surface area contributed by atoms with E-state index in [0.29, 0.717) is 18.8 Å². The number of para-hydroxylation sites is 1. The van der Waals surface area contributed by atoms with Gasteiger partial charge in [-0.2, -0.15) is 0 Å². The van der Waals surface area contributed by atoms with E-state index in [4.69, 9.17) is 9.47 Å². The lowest BCUT2D eigenvalue weighted by atomic mass is 10.0. The summed E-state index contributed by atoms with van der Waals surface area (Å²) >= 11 is 0. The van der Waals surface area contributed by atoms with Crippen molar-refractivity contribution < 1.29 is 14.3 Å². The Hall–Kier alpha value is -2.29. The van der Waals surface area contributed by atoms with E-state index < -0.39 is 0 Å². The molecule has 96 valence electrons. The minimum atomic E-state index is 0.266. The zero-order valence-corrected chi connectivity index (χ0v) is 10.4. The molecular weight excluding hydrogens is 240 g/mol. The molecule has 0 amide bonds. The molecular formula is C16H14O3. The summed E-state index contributed by atoms with van der Waals surface area (Å²) < 4.78 is 11.4. The van der Waals surface area contributed by atoms with Crippen molar-refractivity contribution in [3.63, 3.8) is 0 Å². The minimum Gasteiger partial charge on any atom is -0.493 e. The fourth-order valence-electron chi connectivity index (χ4n) is 2.21. The molecule has 0 spiro atoms. The van der Waals surface area contributed by atoms with Gasteiger partial charge in [0.15, 0.2) is 0 Å². The maximum atomic E-state index is 10.6. The molecule has 1 aliphatic rings. The summed E-state index contributed by atoms with van der Waals surface area (Å²) in [5.74, 6) is 1.99. The molecule has 0 saturated heterocycles. The van der Waals surface area contributed by atoms with Gasteiger partial charge in [0.05, 0.1) is 19.1 Å². The van der Waals surface area contributed by atoms with Crippen molar-refractivity contribution in [1.29, 1.82) is 0 Å². The van der Waals surface area contributed by atoms with Crippen LogP contribution in [-0.2, 0) is 0 Å². The normalized spacial score (nSPS) is 16.5. The Morgan fingerprint density at radius 3 is 2.74 bits per heavy atom. The standard InChI is InChI=1S/C16H14O3/c17-9-12-5-7-14(8-6-12)18-10-13-11-19-16-4-2-1-3-15(13)16/h1-9,13H,10-11H2. The van der Waals surface area contributed by atoms with Crippen molar-refractivity contribution in [2.45, 2.75) is 5.92 Å². The molecule has 0 aromatic heterocycles. The first-order chi connectivity index (χ1) is 9.36. The van der Waals surface area contributed by atoms with E-state index in [1.54, 1.807) is 12.1 Å². The summed E-state index contributed by atoms with van der Waals surface area (Å²) in [6.07, 6.45) is 0.824. The number of carbonyl (C=O) groups excluding carboxylic acids is 1. The van der Waals surface area contributed by atoms with Gasteiger partial charge in [-0.3, -0.25) is 4.79 Å². The molecule has 0 N–H and O–H groups in total. The molecule has 3 nitrogen and oxygen atoms in total. The molecule has 0 fully saturated rings. The van der Waals surface area contributed by atoms with Crippen molar-refractivity contribution in [2.24, 2.45) is 0 Å². The second-order valence-corrected chi connectivity index (χ2v) is 4.54. The molecule has 0 saturated carbocycles. The molecule has 0 bridgehead atoms. The molecule has 1 heterocycles. The summed E-state index contributed by atoms with van der Waals surface area (Å²) in [6, 6.07) is 15.2. The summed E-state index contributed by atoms with van der Waals surface area (Å²) in [4.78, 5) is 10.6. The SMILES string of the molecule is O=Cc1ccc(OCC2COc3ccccc32)cc1. The predicted molar refractivity (Wildman–Crippen MR) is 72.0 cm³/mol. The first-order valence-corrected chi connectivity index (χ1v) is 6.26. The zero-order valence-electron chi connectivity index (χ0n) is 10.4. The molecule has 0 aliphatic carbocycles. The van der Waals surface area contributed by atoms with Gasteiger partial charge in [0.25, 0.3) is 0 Å². The van der Waals surface area contributed by atoms with Gasteiger partial charge in [-0.25, -0.2) is 0 Å². The maximum absolute atomic E-state index is 10.6. The monoisotopic (exact) mass is 254 g/mol. The van der Waals surface area contributed by atoms with Gasteiger partial charge < -0.3 is 9.47 Å². The Balaban J connectivity index is 1.65. The Morgan fingerprint density at radius 1 is 1.16 bits per heavy atom. The first-order valence-electron chi connectivity index (χ1n) is 6.26. The van der Waals surface area contributed by atoms with Crippen molar-refractivity contribution in [1.82, 2.24) is 0 Å². The van der Waals surface area contributed by atoms with Crippen molar-refractivity contribution >= 4 is 6.29 Å². The number of rotatable bonds is 4. The van der Waals surface area contributed by atoms with Crippen LogP contribution in [0.3, 0.4) is 0 Å². The van der Waals surface area contributed by atoms with Crippen LogP contribution >= 0.6 is 0 Å². The van der Waals surface area contributed by atoms with Crippen LogP contribution in [0.1, 0.15) is 21.8 Å². The molecule has 0 radical (unpaired) electrons. The van der Waals surface area contributed by atoms with Crippen LogP contribution in [-0.4, -0.2) is 19.5 Å². The lowest BCUT2D eigenvalue weighted by molar-refractivity contribution is 0.112. The van der Waals surface area contributed by atoms with E-state index in [9.17, 15) is 4.79 Å². The van der Waals surface area contributed by atoms with Crippen LogP contribution in [0.15, 0.2) is 48.5 Å². The second-order valence-electron chi connectivity index (χ2n) is 4.54. The Kier molecular flexibility index (Phi) is 3.19. The van der Waals surface area contributed by atoms with Crippen LogP contribution in [0.2, 0.25) is 0 Å². The van der Waals surface area contributed by atoms with Gasteiger partial charge in [-0.05, 0) is 30.3 Å². The van der Waals surface area contributed by atoms with Crippen molar-refractivity contribution in [3.8, 4) is 11.5 Å². The largest absolute Gasteiger partial charge is 0.493 e. The van der Waals surface area contributed by atoms with Gasteiger partial charge in [-0.1, -0.05) is 18.2 Å². The molecule has 1 unspecified atom stereocenters. The third-order valence-electron chi connectivity index (χ3n) is 3.27. The highest BCUT2D eigenvalue weighted by Gasteiger charge is 2.23. The molecule has 3 heteroatoms. The highest BCUT2D eigenvalue weighted by molar-refractivity contribution is 5.74. The third kappa shape index (κ3) is 2.45. The van der Waals surface area contributed by atoms with Crippen molar-refractivity contribution in [3.05, 3.63) is 59.7 Å². The van der Waals surface area contributed by atoms with Gasteiger partial charge in [0, 0.05) is 11.1 Å². The summed E-state index contributed by atoms with van der Waals surface area (Å²) in [6.45, 7) is 1.24. The topological polar surface area (TPSA) is 35.5 Å². The second kappa shape index (κ2) is 5.14.